The van der Waals surface area contributed by atoms with Gasteiger partial charge in [-0.15, -0.1) is 22.7 Å². The molecule has 1 N–H and O–H groups in total. The monoisotopic (exact) mass is 322 g/mol. The Labute approximate surface area is 109 Å². The van der Waals surface area contributed by atoms with E-state index < -0.39 is 0 Å². The molecule has 0 radical (unpaired) electrons. The van der Waals surface area contributed by atoms with Gasteiger partial charge in [0.2, 0.25) is 0 Å². The molecule has 0 aliphatic carbocycles. The maximum absolute atomic E-state index is 5.94. The average Bonchev–Trinajstić information content (AvgIpc) is 2.79. The quantitative estimate of drug-likeness (QED) is 0.922. The van der Waals surface area contributed by atoms with Gasteiger partial charge in [0.05, 0.1) is 5.51 Å². The van der Waals surface area contributed by atoms with Crippen molar-refractivity contribution in [2.24, 2.45) is 0 Å². The van der Waals surface area contributed by atoms with Crippen LogP contribution in [0.25, 0.3) is 0 Å². The minimum atomic E-state index is 0.810. The first kappa shape index (κ1) is 11.5. The molecule has 2 rings (SSSR count). The summed E-state index contributed by atoms with van der Waals surface area (Å²) in [6.45, 7) is 1.70. The number of hydrogen-bond acceptors (Lipinski definition) is 4. The van der Waals surface area contributed by atoms with Crippen molar-refractivity contribution in [3.05, 3.63) is 36.3 Å². The molecular formula is C9H8BrClN2S2. The molecule has 0 saturated heterocycles. The summed E-state index contributed by atoms with van der Waals surface area (Å²) >= 11 is 12.6. The lowest BCUT2D eigenvalue weighted by Crippen LogP contribution is -2.10. The number of hydrogen-bond donors (Lipinski definition) is 1. The molecule has 2 aromatic heterocycles. The van der Waals surface area contributed by atoms with Crippen molar-refractivity contribution in [2.75, 3.05) is 0 Å². The Kier molecular flexibility index (Phi) is 4.16. The Morgan fingerprint density at radius 2 is 2.20 bits per heavy atom. The summed E-state index contributed by atoms with van der Waals surface area (Å²) in [5.41, 5.74) is 1.84. The summed E-state index contributed by atoms with van der Waals surface area (Å²) in [5.74, 6) is 0. The van der Waals surface area contributed by atoms with Crippen LogP contribution in [-0.2, 0) is 13.1 Å². The lowest BCUT2D eigenvalue weighted by atomic mass is 10.4. The highest BCUT2D eigenvalue weighted by Gasteiger charge is 2.03. The Morgan fingerprint density at radius 3 is 2.80 bits per heavy atom. The van der Waals surface area contributed by atoms with Crippen molar-refractivity contribution in [3.8, 4) is 0 Å². The molecule has 0 aromatic carbocycles. The van der Waals surface area contributed by atoms with Gasteiger partial charge in [-0.05, 0) is 22.0 Å². The van der Waals surface area contributed by atoms with Gasteiger partial charge in [0, 0.05) is 33.5 Å². The van der Waals surface area contributed by atoms with E-state index in [1.54, 1.807) is 22.7 Å². The third kappa shape index (κ3) is 3.26. The zero-order valence-electron chi connectivity index (χ0n) is 7.67. The molecular weight excluding hydrogens is 316 g/mol. The summed E-state index contributed by atoms with van der Waals surface area (Å²) in [5, 5.41) is 3.35. The molecule has 0 aliphatic heterocycles. The third-order valence-electron chi connectivity index (χ3n) is 1.78. The van der Waals surface area contributed by atoms with Gasteiger partial charge in [-0.2, -0.15) is 0 Å². The first-order valence-corrected chi connectivity index (χ1v) is 7.14. The molecule has 0 saturated carbocycles. The van der Waals surface area contributed by atoms with Gasteiger partial charge >= 0.3 is 0 Å². The van der Waals surface area contributed by atoms with Crippen LogP contribution in [0, 0.1) is 0 Å². The van der Waals surface area contributed by atoms with E-state index in [9.17, 15) is 0 Å². The summed E-state index contributed by atoms with van der Waals surface area (Å²) < 4.78 is 1.79. The van der Waals surface area contributed by atoms with Crippen LogP contribution < -0.4 is 5.32 Å². The SMILES string of the molecule is Clc1sc(CNCc2cncs2)cc1Br. The maximum atomic E-state index is 5.94. The van der Waals surface area contributed by atoms with E-state index in [0.29, 0.717) is 0 Å². The Balaban J connectivity index is 1.83. The van der Waals surface area contributed by atoms with Crippen LogP contribution in [0.1, 0.15) is 9.75 Å². The lowest BCUT2D eigenvalue weighted by molar-refractivity contribution is 0.708. The van der Waals surface area contributed by atoms with E-state index in [1.807, 2.05) is 17.8 Å². The van der Waals surface area contributed by atoms with Crippen LogP contribution in [0.5, 0.6) is 0 Å². The van der Waals surface area contributed by atoms with Crippen molar-refractivity contribution in [2.45, 2.75) is 13.1 Å². The molecule has 0 spiro atoms. The highest BCUT2D eigenvalue weighted by atomic mass is 79.9. The Hall–Kier alpha value is 0.0600. The van der Waals surface area contributed by atoms with Crippen molar-refractivity contribution >= 4 is 50.2 Å². The summed E-state index contributed by atoms with van der Waals surface area (Å²) in [6.07, 6.45) is 1.88. The van der Waals surface area contributed by atoms with E-state index in [1.165, 1.54) is 9.75 Å². The highest BCUT2D eigenvalue weighted by Crippen LogP contribution is 2.31. The Bertz CT molecular complexity index is 408. The molecule has 6 heteroatoms. The standard InChI is InChI=1S/C9H8BrClN2S2/c10-8-1-6(15-9(8)11)2-12-3-7-4-13-5-14-7/h1,4-5,12H,2-3H2. The van der Waals surface area contributed by atoms with Gasteiger partial charge in [-0.25, -0.2) is 0 Å². The van der Waals surface area contributed by atoms with Crippen molar-refractivity contribution in [1.82, 2.24) is 10.3 Å². The van der Waals surface area contributed by atoms with E-state index in [0.717, 1.165) is 21.9 Å². The first-order valence-electron chi connectivity index (χ1n) is 4.27. The normalized spacial score (nSPS) is 10.8. The van der Waals surface area contributed by atoms with Gasteiger partial charge < -0.3 is 5.32 Å². The number of nitrogens with one attached hydrogen (secondary N) is 1. The second-order valence-corrected chi connectivity index (χ2v) is 6.47. The molecule has 80 valence electrons. The maximum Gasteiger partial charge on any atom is 0.107 e. The van der Waals surface area contributed by atoms with Crippen LogP contribution in [0.2, 0.25) is 4.34 Å². The third-order valence-corrected chi connectivity index (χ3v) is 5.03. The fourth-order valence-corrected chi connectivity index (χ4v) is 3.44. The van der Waals surface area contributed by atoms with Gasteiger partial charge in [0.25, 0.3) is 0 Å². The van der Waals surface area contributed by atoms with Crippen molar-refractivity contribution in [1.29, 1.82) is 0 Å². The van der Waals surface area contributed by atoms with Crippen LogP contribution in [0.15, 0.2) is 22.2 Å². The van der Waals surface area contributed by atoms with Crippen molar-refractivity contribution in [3.63, 3.8) is 0 Å². The van der Waals surface area contributed by atoms with Gasteiger partial charge in [-0.3, -0.25) is 4.98 Å². The second-order valence-electron chi connectivity index (χ2n) is 2.91. The molecule has 15 heavy (non-hydrogen) atoms. The van der Waals surface area contributed by atoms with Gasteiger partial charge in [-0.1, -0.05) is 11.6 Å². The fraction of sp³-hybridized carbons (Fsp3) is 0.222. The lowest BCUT2D eigenvalue weighted by Gasteiger charge is -1.98. The zero-order valence-corrected chi connectivity index (χ0v) is 11.6. The largest absolute Gasteiger partial charge is 0.307 e. The molecule has 0 bridgehead atoms. The molecule has 0 atom stereocenters. The van der Waals surface area contributed by atoms with Crippen LogP contribution in [0.3, 0.4) is 0 Å². The smallest absolute Gasteiger partial charge is 0.107 e. The van der Waals surface area contributed by atoms with Gasteiger partial charge in [0.1, 0.15) is 4.34 Å². The highest BCUT2D eigenvalue weighted by molar-refractivity contribution is 9.10. The number of thiophene rings is 1. The summed E-state index contributed by atoms with van der Waals surface area (Å²) in [6, 6.07) is 2.05. The fourth-order valence-electron chi connectivity index (χ4n) is 1.12. The van der Waals surface area contributed by atoms with Crippen molar-refractivity contribution < 1.29 is 0 Å². The van der Waals surface area contributed by atoms with E-state index in [-0.39, 0.29) is 0 Å². The molecule has 0 unspecified atom stereocenters. The summed E-state index contributed by atoms with van der Waals surface area (Å²) in [4.78, 5) is 6.50. The van der Waals surface area contributed by atoms with Crippen LogP contribution >= 0.6 is 50.2 Å². The van der Waals surface area contributed by atoms with Gasteiger partial charge in [0.15, 0.2) is 0 Å². The molecule has 2 nitrogen and oxygen atoms in total. The zero-order chi connectivity index (χ0) is 10.7. The van der Waals surface area contributed by atoms with E-state index in [2.05, 4.69) is 26.2 Å². The molecule has 2 aromatic rings. The minimum Gasteiger partial charge on any atom is -0.307 e. The molecule has 2 heterocycles. The molecule has 0 amide bonds. The number of thiazole rings is 1. The van der Waals surface area contributed by atoms with E-state index in [4.69, 9.17) is 11.6 Å². The number of rotatable bonds is 4. The Morgan fingerprint density at radius 1 is 1.40 bits per heavy atom. The predicted molar refractivity (Wildman–Crippen MR) is 69.7 cm³/mol. The first-order chi connectivity index (χ1) is 7.25. The number of aromatic nitrogens is 1. The second kappa shape index (κ2) is 5.41. The topological polar surface area (TPSA) is 24.9 Å². The van der Waals surface area contributed by atoms with Crippen LogP contribution in [0.4, 0.5) is 0 Å². The molecule has 0 fully saturated rings. The average molecular weight is 324 g/mol. The van der Waals surface area contributed by atoms with Crippen LogP contribution in [-0.4, -0.2) is 4.98 Å². The summed E-state index contributed by atoms with van der Waals surface area (Å²) in [7, 11) is 0. The van der Waals surface area contributed by atoms with E-state index >= 15 is 0 Å². The predicted octanol–water partition coefficient (Wildman–Crippen LogP) is 3.91. The number of halogens is 2. The minimum absolute atomic E-state index is 0.810. The number of nitrogens with zero attached hydrogens (tertiary/aromatic N) is 1. The molecule has 0 aliphatic rings.